The van der Waals surface area contributed by atoms with E-state index in [9.17, 15) is 9.90 Å². The van der Waals surface area contributed by atoms with E-state index in [-0.39, 0.29) is 17.0 Å². The highest BCUT2D eigenvalue weighted by Gasteiger charge is 2.12. The Hall–Kier alpha value is -4.46. The van der Waals surface area contributed by atoms with Crippen LogP contribution in [0, 0.1) is 12.3 Å². The highest BCUT2D eigenvalue weighted by atomic mass is 16.3. The third-order valence-electron chi connectivity index (χ3n) is 4.66. The molecular formula is C23H20N6O2. The van der Waals surface area contributed by atoms with Gasteiger partial charge in [0.2, 0.25) is 11.3 Å². The molecule has 0 aliphatic carbocycles. The molecule has 31 heavy (non-hydrogen) atoms. The summed E-state index contributed by atoms with van der Waals surface area (Å²) in [5, 5.41) is 29.2. The molecule has 0 saturated carbocycles. The van der Waals surface area contributed by atoms with E-state index < -0.39 is 0 Å². The highest BCUT2D eigenvalue weighted by Crippen LogP contribution is 2.21. The summed E-state index contributed by atoms with van der Waals surface area (Å²) in [6.07, 6.45) is 5.73. The first-order chi connectivity index (χ1) is 15.1. The number of nitrogens with one attached hydrogen (secondary N) is 2. The first-order valence-electron chi connectivity index (χ1n) is 9.54. The molecule has 154 valence electrons. The van der Waals surface area contributed by atoms with Crippen molar-refractivity contribution in [3.8, 4) is 17.3 Å². The lowest BCUT2D eigenvalue weighted by Gasteiger charge is -2.14. The van der Waals surface area contributed by atoms with Crippen LogP contribution < -0.4 is 10.7 Å². The number of hydrogen-bond acceptors (Lipinski definition) is 6. The average Bonchev–Trinajstić information content (AvgIpc) is 3.20. The molecule has 4 rings (SSSR count). The Kier molecular flexibility index (Phi) is 5.44. The molecule has 0 atom stereocenters. The van der Waals surface area contributed by atoms with Crippen molar-refractivity contribution in [1.29, 1.82) is 5.41 Å². The van der Waals surface area contributed by atoms with Gasteiger partial charge < -0.3 is 15.8 Å². The molecule has 3 N–H and O–H groups in total. The number of anilines is 1. The van der Waals surface area contributed by atoms with Crippen molar-refractivity contribution >= 4 is 17.6 Å². The van der Waals surface area contributed by atoms with E-state index in [1.807, 2.05) is 55.5 Å². The van der Waals surface area contributed by atoms with Gasteiger partial charge in [-0.3, -0.25) is 4.79 Å². The van der Waals surface area contributed by atoms with E-state index in [0.717, 1.165) is 23.2 Å². The van der Waals surface area contributed by atoms with Gasteiger partial charge in [-0.1, -0.05) is 18.2 Å². The second-order valence-corrected chi connectivity index (χ2v) is 6.78. The fourth-order valence-corrected chi connectivity index (χ4v) is 3.19. The maximum Gasteiger partial charge on any atom is 0.214 e. The predicted molar refractivity (Wildman–Crippen MR) is 120 cm³/mol. The lowest BCUT2D eigenvalue weighted by Crippen LogP contribution is -2.18. The summed E-state index contributed by atoms with van der Waals surface area (Å²) < 4.78 is 3.04. The summed E-state index contributed by atoms with van der Waals surface area (Å²) in [5.74, 6) is 0.0457. The standard InChI is InChI=1S/C23H20N6O2/c1-16-15-18(29-22(31)10-13-25-29)7-8-20(16)28-14-11-21(30)23(27-28)19(9-12-24)26-17-5-3-2-4-6-17/h2-15,24,26,31H,1H3/b19-9-,24-12?. The number of benzene rings is 2. The molecule has 2 aromatic carbocycles. The first-order valence-corrected chi connectivity index (χ1v) is 9.54. The second kappa shape index (κ2) is 8.50. The minimum absolute atomic E-state index is 0.0457. The molecule has 0 fully saturated rings. The Balaban J connectivity index is 1.73. The summed E-state index contributed by atoms with van der Waals surface area (Å²) in [6.45, 7) is 1.91. The van der Waals surface area contributed by atoms with Gasteiger partial charge in [0.25, 0.3) is 0 Å². The Morgan fingerprint density at radius 3 is 2.61 bits per heavy atom. The van der Waals surface area contributed by atoms with Crippen molar-refractivity contribution < 1.29 is 5.11 Å². The molecule has 2 heterocycles. The van der Waals surface area contributed by atoms with Gasteiger partial charge in [0.05, 0.1) is 23.3 Å². The van der Waals surface area contributed by atoms with Crippen LogP contribution in [0.4, 0.5) is 5.69 Å². The van der Waals surface area contributed by atoms with Crippen molar-refractivity contribution in [2.24, 2.45) is 0 Å². The molecule has 0 radical (unpaired) electrons. The van der Waals surface area contributed by atoms with Gasteiger partial charge in [0.1, 0.15) is 0 Å². The molecule has 4 aromatic rings. The van der Waals surface area contributed by atoms with Gasteiger partial charge in [0, 0.05) is 30.2 Å². The third kappa shape index (κ3) is 4.13. The Morgan fingerprint density at radius 2 is 1.94 bits per heavy atom. The number of aromatic nitrogens is 4. The average molecular weight is 412 g/mol. The number of para-hydroxylation sites is 1. The number of nitrogens with zero attached hydrogens (tertiary/aromatic N) is 4. The topological polar surface area (TPSA) is 109 Å². The first kappa shape index (κ1) is 19.8. The molecule has 0 bridgehead atoms. The van der Waals surface area contributed by atoms with Gasteiger partial charge in [-0.25, -0.2) is 9.36 Å². The summed E-state index contributed by atoms with van der Waals surface area (Å²) >= 11 is 0. The lowest BCUT2D eigenvalue weighted by atomic mass is 10.1. The SMILES string of the molecule is Cc1cc(-n2nccc2O)ccc1-n1ccc(=O)c(/C(=C/C=N)Nc2ccccc2)n1. The smallest absolute Gasteiger partial charge is 0.214 e. The van der Waals surface area contributed by atoms with Gasteiger partial charge in [-0.2, -0.15) is 10.2 Å². The van der Waals surface area contributed by atoms with Crippen LogP contribution in [0.15, 0.2) is 83.9 Å². The van der Waals surface area contributed by atoms with Crippen molar-refractivity contribution in [3.63, 3.8) is 0 Å². The fraction of sp³-hybridized carbons (Fsp3) is 0.0435. The largest absolute Gasteiger partial charge is 0.493 e. The minimum Gasteiger partial charge on any atom is -0.493 e. The van der Waals surface area contributed by atoms with Crippen LogP contribution in [0.1, 0.15) is 11.3 Å². The minimum atomic E-state index is -0.261. The molecule has 8 nitrogen and oxygen atoms in total. The third-order valence-corrected chi connectivity index (χ3v) is 4.66. The van der Waals surface area contributed by atoms with Gasteiger partial charge in [-0.05, 0) is 48.9 Å². The number of hydrogen-bond donors (Lipinski definition) is 3. The van der Waals surface area contributed by atoms with Crippen molar-refractivity contribution in [2.45, 2.75) is 6.92 Å². The summed E-state index contributed by atoms with van der Waals surface area (Å²) in [5.41, 5.74) is 3.50. The molecule has 0 unspecified atom stereocenters. The molecule has 0 aliphatic heterocycles. The summed E-state index contributed by atoms with van der Waals surface area (Å²) in [7, 11) is 0. The number of aromatic hydroxyl groups is 1. The Labute approximate surface area is 178 Å². The zero-order valence-corrected chi connectivity index (χ0v) is 16.7. The van der Waals surface area contributed by atoms with Crippen molar-refractivity contribution in [3.05, 3.63) is 101 Å². The van der Waals surface area contributed by atoms with Crippen LogP contribution in [0.3, 0.4) is 0 Å². The van der Waals surface area contributed by atoms with E-state index in [2.05, 4.69) is 15.5 Å². The second-order valence-electron chi connectivity index (χ2n) is 6.78. The zero-order valence-electron chi connectivity index (χ0n) is 16.7. The molecule has 2 aromatic heterocycles. The number of allylic oxidation sites excluding steroid dienone is 1. The van der Waals surface area contributed by atoms with E-state index in [4.69, 9.17) is 5.41 Å². The summed E-state index contributed by atoms with van der Waals surface area (Å²) in [6, 6.07) is 17.9. The van der Waals surface area contributed by atoms with E-state index in [0.29, 0.717) is 11.4 Å². The maximum atomic E-state index is 12.6. The number of rotatable bonds is 6. The van der Waals surface area contributed by atoms with Crippen LogP contribution in [-0.4, -0.2) is 30.9 Å². The molecule has 8 heteroatoms. The lowest BCUT2D eigenvalue weighted by molar-refractivity contribution is 0.433. The zero-order chi connectivity index (χ0) is 21.8. The molecule has 0 spiro atoms. The predicted octanol–water partition coefficient (Wildman–Crippen LogP) is 3.53. The normalized spacial score (nSPS) is 11.3. The highest BCUT2D eigenvalue weighted by molar-refractivity contribution is 5.86. The van der Waals surface area contributed by atoms with E-state index in [1.54, 1.807) is 10.9 Å². The maximum absolute atomic E-state index is 12.6. The van der Waals surface area contributed by atoms with E-state index >= 15 is 0 Å². The fourth-order valence-electron chi connectivity index (χ4n) is 3.19. The van der Waals surface area contributed by atoms with E-state index in [1.165, 1.54) is 29.1 Å². The molecule has 0 amide bonds. The quantitative estimate of drug-likeness (QED) is 0.420. The van der Waals surface area contributed by atoms with Gasteiger partial charge >= 0.3 is 0 Å². The van der Waals surface area contributed by atoms with Crippen LogP contribution >= 0.6 is 0 Å². The molecule has 0 aliphatic rings. The summed E-state index contributed by atoms with van der Waals surface area (Å²) in [4.78, 5) is 12.6. The molecular weight excluding hydrogens is 392 g/mol. The van der Waals surface area contributed by atoms with Crippen LogP contribution in [0.25, 0.3) is 17.1 Å². The van der Waals surface area contributed by atoms with Crippen LogP contribution in [-0.2, 0) is 0 Å². The van der Waals surface area contributed by atoms with Crippen molar-refractivity contribution in [1.82, 2.24) is 19.6 Å². The van der Waals surface area contributed by atoms with Crippen molar-refractivity contribution in [2.75, 3.05) is 5.32 Å². The Morgan fingerprint density at radius 1 is 1.13 bits per heavy atom. The van der Waals surface area contributed by atoms with Gasteiger partial charge in [-0.15, -0.1) is 0 Å². The molecule has 0 saturated heterocycles. The number of aryl methyl sites for hydroxylation is 1. The van der Waals surface area contributed by atoms with Gasteiger partial charge in [0.15, 0.2) is 5.69 Å². The Bertz CT molecular complexity index is 1320. The van der Waals surface area contributed by atoms with Crippen LogP contribution in [0.2, 0.25) is 0 Å². The van der Waals surface area contributed by atoms with Crippen LogP contribution in [0.5, 0.6) is 5.88 Å². The monoisotopic (exact) mass is 412 g/mol.